The number of esters is 2. The van der Waals surface area contributed by atoms with Crippen LogP contribution in [-0.2, 0) is 19.1 Å². The lowest BCUT2D eigenvalue weighted by Gasteiger charge is -2.07. The lowest BCUT2D eigenvalue weighted by atomic mass is 10.1. The van der Waals surface area contributed by atoms with Crippen molar-refractivity contribution in [3.8, 4) is 0 Å². The van der Waals surface area contributed by atoms with Gasteiger partial charge in [-0.05, 0) is 89.9 Å². The molecule has 0 heterocycles. The highest BCUT2D eigenvalue weighted by Gasteiger charge is 2.05. The van der Waals surface area contributed by atoms with Crippen LogP contribution in [0.25, 0.3) is 0 Å². The molecule has 0 saturated heterocycles. The molecule has 6 nitrogen and oxygen atoms in total. The molecule has 0 aromatic carbocycles. The predicted octanol–water partition coefficient (Wildman–Crippen LogP) is 11.6. The summed E-state index contributed by atoms with van der Waals surface area (Å²) >= 11 is 0. The molecular weight excluding hydrogens is 600 g/mol. The van der Waals surface area contributed by atoms with Gasteiger partial charge in [-0.3, -0.25) is 9.59 Å². The van der Waals surface area contributed by atoms with Gasteiger partial charge < -0.3 is 19.7 Å². The minimum Gasteiger partial charge on any atom is -0.466 e. The van der Waals surface area contributed by atoms with Crippen LogP contribution in [0.2, 0.25) is 0 Å². The molecule has 0 aliphatic carbocycles. The van der Waals surface area contributed by atoms with E-state index in [1.54, 1.807) is 0 Å². The zero-order chi connectivity index (χ0) is 35.2. The molecule has 0 aliphatic heterocycles. The minimum atomic E-state index is -0.188. The quantitative estimate of drug-likeness (QED) is 0.0386. The Labute approximate surface area is 296 Å². The molecule has 2 atom stereocenters. The second-order valence-corrected chi connectivity index (χ2v) is 13.9. The third kappa shape index (κ3) is 37.2. The molecule has 0 saturated carbocycles. The van der Waals surface area contributed by atoms with Crippen LogP contribution < -0.4 is 0 Å². The third-order valence-corrected chi connectivity index (χ3v) is 9.00. The van der Waals surface area contributed by atoms with Gasteiger partial charge in [0, 0.05) is 12.8 Å². The summed E-state index contributed by atoms with van der Waals surface area (Å²) in [5.74, 6) is -0.173. The predicted molar refractivity (Wildman–Crippen MR) is 202 cm³/mol. The zero-order valence-corrected chi connectivity index (χ0v) is 31.6. The fourth-order valence-corrected chi connectivity index (χ4v) is 5.79. The van der Waals surface area contributed by atoms with E-state index in [2.05, 4.69) is 38.2 Å². The summed E-state index contributed by atoms with van der Waals surface area (Å²) in [4.78, 5) is 23.9. The molecule has 0 amide bonds. The molecule has 48 heavy (non-hydrogen) atoms. The molecular formula is C42H78O6. The van der Waals surface area contributed by atoms with Gasteiger partial charge in [0.1, 0.15) is 0 Å². The van der Waals surface area contributed by atoms with E-state index in [1.165, 1.54) is 64.2 Å². The van der Waals surface area contributed by atoms with Crippen molar-refractivity contribution in [2.45, 2.75) is 219 Å². The lowest BCUT2D eigenvalue weighted by molar-refractivity contribution is -0.145. The lowest BCUT2D eigenvalue weighted by Crippen LogP contribution is -2.07. The van der Waals surface area contributed by atoms with Crippen molar-refractivity contribution in [1.82, 2.24) is 0 Å². The van der Waals surface area contributed by atoms with Gasteiger partial charge in [0.2, 0.25) is 0 Å². The first-order valence-corrected chi connectivity index (χ1v) is 20.5. The summed E-state index contributed by atoms with van der Waals surface area (Å²) in [5.41, 5.74) is 0. The van der Waals surface area contributed by atoms with E-state index in [0.29, 0.717) is 26.1 Å². The van der Waals surface area contributed by atoms with Crippen LogP contribution in [0.4, 0.5) is 0 Å². The Bertz CT molecular complexity index is 686. The molecule has 0 fully saturated rings. The molecule has 0 spiro atoms. The van der Waals surface area contributed by atoms with Gasteiger partial charge in [-0.25, -0.2) is 0 Å². The maximum absolute atomic E-state index is 12.0. The topological polar surface area (TPSA) is 93.1 Å². The summed E-state index contributed by atoms with van der Waals surface area (Å²) in [6.07, 6.45) is 39.2. The van der Waals surface area contributed by atoms with E-state index in [9.17, 15) is 19.8 Å². The summed E-state index contributed by atoms with van der Waals surface area (Å²) in [6.45, 7) is 5.38. The molecule has 2 N–H and O–H groups in total. The maximum atomic E-state index is 12.0. The Hall–Kier alpha value is -1.66. The van der Waals surface area contributed by atoms with Gasteiger partial charge in [0.15, 0.2) is 0 Å². The normalized spacial score (nSPS) is 13.0. The number of carbonyl (C=O) groups excluding carboxylic acids is 2. The first-order chi connectivity index (χ1) is 23.5. The third-order valence-electron chi connectivity index (χ3n) is 9.00. The SMILES string of the molecule is CCCCCCC(O)C/C=C\CCCCCCCC(=O)OCCCCCCOC(=O)CCCCCCC/C=C\CC(O)CCCCCC. The number of rotatable bonds is 37. The second kappa shape index (κ2) is 38.1. The number of allylic oxidation sites excluding steroid dienone is 2. The molecule has 282 valence electrons. The van der Waals surface area contributed by atoms with E-state index in [0.717, 1.165) is 116 Å². The van der Waals surface area contributed by atoms with Gasteiger partial charge >= 0.3 is 11.9 Å². The number of unbranched alkanes of at least 4 members (excludes halogenated alkanes) is 19. The highest BCUT2D eigenvalue weighted by molar-refractivity contribution is 5.69. The molecule has 0 aromatic rings. The second-order valence-electron chi connectivity index (χ2n) is 13.9. The van der Waals surface area contributed by atoms with Crippen LogP contribution in [-0.4, -0.2) is 47.6 Å². The zero-order valence-electron chi connectivity index (χ0n) is 31.6. The number of ether oxygens (including phenoxy) is 2. The number of aliphatic hydroxyl groups is 2. The van der Waals surface area contributed by atoms with Crippen LogP contribution in [0, 0.1) is 0 Å². The van der Waals surface area contributed by atoms with E-state index >= 15 is 0 Å². The Balaban J connectivity index is 3.39. The average molecular weight is 679 g/mol. The smallest absolute Gasteiger partial charge is 0.305 e. The molecule has 0 aromatic heterocycles. The molecule has 6 heteroatoms. The Morgan fingerprint density at radius 2 is 0.812 bits per heavy atom. The molecule has 2 unspecified atom stereocenters. The Morgan fingerprint density at radius 1 is 0.458 bits per heavy atom. The number of hydrogen-bond donors (Lipinski definition) is 2. The number of carbonyl (C=O) groups is 2. The highest BCUT2D eigenvalue weighted by Crippen LogP contribution is 2.13. The van der Waals surface area contributed by atoms with E-state index in [1.807, 2.05) is 0 Å². The van der Waals surface area contributed by atoms with Crippen molar-refractivity contribution >= 4 is 11.9 Å². The highest BCUT2D eigenvalue weighted by atomic mass is 16.5. The molecule has 0 aliphatic rings. The van der Waals surface area contributed by atoms with Crippen molar-refractivity contribution in [3.05, 3.63) is 24.3 Å². The van der Waals surface area contributed by atoms with Crippen molar-refractivity contribution in [1.29, 1.82) is 0 Å². The van der Waals surface area contributed by atoms with Gasteiger partial charge in [0.25, 0.3) is 0 Å². The van der Waals surface area contributed by atoms with Crippen LogP contribution in [0.1, 0.15) is 206 Å². The molecule has 0 radical (unpaired) electrons. The number of hydrogen-bond acceptors (Lipinski definition) is 6. The van der Waals surface area contributed by atoms with Crippen LogP contribution >= 0.6 is 0 Å². The van der Waals surface area contributed by atoms with Gasteiger partial charge in [-0.1, -0.05) is 128 Å². The standard InChI is InChI=1S/C42H78O6/c1-3-5-7-23-31-39(43)33-25-17-13-9-11-15-19-27-35-41(45)47-37-29-21-22-30-38-48-42(46)36-28-20-16-12-10-14-18-26-34-40(44)32-24-8-6-4-2/h17-18,25-26,39-40,43-44H,3-16,19-24,27-38H2,1-2H3/b25-17-,26-18-. The van der Waals surface area contributed by atoms with E-state index < -0.39 is 0 Å². The van der Waals surface area contributed by atoms with Crippen LogP contribution in [0.3, 0.4) is 0 Å². The summed E-state index contributed by atoms with van der Waals surface area (Å²) in [5, 5.41) is 20.0. The van der Waals surface area contributed by atoms with Gasteiger partial charge in [0.05, 0.1) is 25.4 Å². The summed E-state index contributed by atoms with van der Waals surface area (Å²) in [7, 11) is 0. The minimum absolute atomic E-state index is 0.0866. The van der Waals surface area contributed by atoms with Crippen molar-refractivity contribution in [2.75, 3.05) is 13.2 Å². The molecule has 0 rings (SSSR count). The largest absolute Gasteiger partial charge is 0.466 e. The first kappa shape index (κ1) is 46.3. The van der Waals surface area contributed by atoms with Gasteiger partial charge in [-0.15, -0.1) is 0 Å². The monoisotopic (exact) mass is 679 g/mol. The fraction of sp³-hybridized carbons (Fsp3) is 0.857. The van der Waals surface area contributed by atoms with E-state index in [4.69, 9.17) is 9.47 Å². The maximum Gasteiger partial charge on any atom is 0.305 e. The fourth-order valence-electron chi connectivity index (χ4n) is 5.79. The molecule has 0 bridgehead atoms. The van der Waals surface area contributed by atoms with Crippen molar-refractivity contribution in [2.24, 2.45) is 0 Å². The Kier molecular flexibility index (Phi) is 36.8. The number of aliphatic hydroxyl groups excluding tert-OH is 2. The first-order valence-electron chi connectivity index (χ1n) is 20.5. The van der Waals surface area contributed by atoms with E-state index in [-0.39, 0.29) is 24.1 Å². The average Bonchev–Trinajstić information content (AvgIpc) is 3.07. The van der Waals surface area contributed by atoms with Crippen molar-refractivity contribution in [3.63, 3.8) is 0 Å². The van der Waals surface area contributed by atoms with Crippen LogP contribution in [0.5, 0.6) is 0 Å². The Morgan fingerprint density at radius 3 is 1.23 bits per heavy atom. The summed E-state index contributed by atoms with van der Waals surface area (Å²) in [6, 6.07) is 0. The van der Waals surface area contributed by atoms with Crippen LogP contribution in [0.15, 0.2) is 24.3 Å². The van der Waals surface area contributed by atoms with Gasteiger partial charge in [-0.2, -0.15) is 0 Å². The van der Waals surface area contributed by atoms with Crippen molar-refractivity contribution < 1.29 is 29.3 Å². The summed E-state index contributed by atoms with van der Waals surface area (Å²) < 4.78 is 10.7.